The van der Waals surface area contributed by atoms with Crippen molar-refractivity contribution in [2.45, 2.75) is 63.6 Å². The number of fused-ring (bicyclic) bond motifs is 2. The van der Waals surface area contributed by atoms with Crippen molar-refractivity contribution in [1.29, 1.82) is 0 Å². The van der Waals surface area contributed by atoms with Crippen LogP contribution in [0.2, 0.25) is 0 Å². The largest absolute Gasteiger partial charge is 0.454 e. The van der Waals surface area contributed by atoms with E-state index in [1.807, 2.05) is 4.90 Å². The smallest absolute Gasteiger partial charge is 0.262 e. The Kier molecular flexibility index (Phi) is 6.62. The topological polar surface area (TPSA) is 73.7 Å². The molecular formula is C25H31N3O4S. The summed E-state index contributed by atoms with van der Waals surface area (Å²) in [7, 11) is 0. The number of aromatic nitrogens is 2. The van der Waals surface area contributed by atoms with Gasteiger partial charge in [-0.05, 0) is 56.9 Å². The second kappa shape index (κ2) is 9.79. The number of benzene rings is 1. The summed E-state index contributed by atoms with van der Waals surface area (Å²) in [5.74, 6) is 2.27. The standard InChI is InChI=1S/C25H31N3O4S/c1-17-7-10-27(11-8-17)23(29)15-33-25-26-20-14-22-21(31-16-32-22)13-19(20)24(30)28(25)12-9-18-5-3-2-4-6-18/h5,13-14,17H,2-4,6-12,15-16H2,1H3. The lowest BCUT2D eigenvalue weighted by Crippen LogP contribution is -2.39. The van der Waals surface area contributed by atoms with Gasteiger partial charge in [-0.25, -0.2) is 4.98 Å². The van der Waals surface area contributed by atoms with Gasteiger partial charge in [0.1, 0.15) is 0 Å². The van der Waals surface area contributed by atoms with E-state index in [1.165, 1.54) is 30.2 Å². The van der Waals surface area contributed by atoms with Crippen LogP contribution in [0, 0.1) is 5.92 Å². The van der Waals surface area contributed by atoms with Crippen LogP contribution in [0.3, 0.4) is 0 Å². The number of hydrogen-bond donors (Lipinski definition) is 0. The van der Waals surface area contributed by atoms with Crippen molar-refractivity contribution in [2.75, 3.05) is 25.6 Å². The molecule has 1 aromatic heterocycles. The lowest BCUT2D eigenvalue weighted by atomic mass is 9.97. The van der Waals surface area contributed by atoms with E-state index >= 15 is 0 Å². The van der Waals surface area contributed by atoms with Gasteiger partial charge in [-0.1, -0.05) is 30.3 Å². The van der Waals surface area contributed by atoms with E-state index in [0.29, 0.717) is 45.8 Å². The van der Waals surface area contributed by atoms with Crippen molar-refractivity contribution < 1.29 is 14.3 Å². The second-order valence-electron chi connectivity index (χ2n) is 9.28. The number of allylic oxidation sites excluding steroid dienone is 2. The first kappa shape index (κ1) is 22.3. The molecule has 3 heterocycles. The second-order valence-corrected chi connectivity index (χ2v) is 10.2. The molecule has 0 unspecified atom stereocenters. The number of hydrogen-bond acceptors (Lipinski definition) is 6. The van der Waals surface area contributed by atoms with Crippen LogP contribution in [0.15, 0.2) is 33.7 Å². The van der Waals surface area contributed by atoms with E-state index in [1.54, 1.807) is 16.7 Å². The van der Waals surface area contributed by atoms with Crippen molar-refractivity contribution >= 4 is 28.6 Å². The number of ether oxygens (including phenoxy) is 2. The maximum atomic E-state index is 13.5. The third-order valence-electron chi connectivity index (χ3n) is 6.92. The van der Waals surface area contributed by atoms with Gasteiger partial charge in [-0.2, -0.15) is 0 Å². The molecule has 0 N–H and O–H groups in total. The van der Waals surface area contributed by atoms with Gasteiger partial charge in [0.15, 0.2) is 16.7 Å². The van der Waals surface area contributed by atoms with Gasteiger partial charge >= 0.3 is 0 Å². The van der Waals surface area contributed by atoms with Gasteiger partial charge in [0.05, 0.1) is 16.7 Å². The highest BCUT2D eigenvalue weighted by molar-refractivity contribution is 7.99. The molecule has 7 nitrogen and oxygen atoms in total. The maximum absolute atomic E-state index is 13.5. The summed E-state index contributed by atoms with van der Waals surface area (Å²) in [5, 5.41) is 1.12. The Labute approximate surface area is 198 Å². The SMILES string of the molecule is CC1CCN(C(=O)CSc2nc3cc4c(cc3c(=O)n2CCC2=CCCCC2)OCO4)CC1. The molecule has 0 bridgehead atoms. The highest BCUT2D eigenvalue weighted by Crippen LogP contribution is 2.35. The first-order chi connectivity index (χ1) is 16.1. The van der Waals surface area contributed by atoms with E-state index in [9.17, 15) is 9.59 Å². The molecule has 1 fully saturated rings. The van der Waals surface area contributed by atoms with Gasteiger partial charge in [-0.3, -0.25) is 14.2 Å². The van der Waals surface area contributed by atoms with Crippen LogP contribution in [0.1, 0.15) is 51.9 Å². The summed E-state index contributed by atoms with van der Waals surface area (Å²) in [5.41, 5.74) is 1.91. The van der Waals surface area contributed by atoms with Crippen LogP contribution in [0.4, 0.5) is 0 Å². The van der Waals surface area contributed by atoms with E-state index in [4.69, 9.17) is 14.5 Å². The summed E-state index contributed by atoms with van der Waals surface area (Å²) < 4.78 is 12.7. The predicted molar refractivity (Wildman–Crippen MR) is 129 cm³/mol. The Bertz CT molecular complexity index is 1130. The van der Waals surface area contributed by atoms with Crippen LogP contribution in [0.5, 0.6) is 11.5 Å². The molecule has 5 rings (SSSR count). The maximum Gasteiger partial charge on any atom is 0.262 e. The summed E-state index contributed by atoms with van der Waals surface area (Å²) in [6.07, 6.45) is 9.93. The monoisotopic (exact) mass is 469 g/mol. The molecule has 2 aromatic rings. The van der Waals surface area contributed by atoms with Crippen molar-refractivity contribution in [3.63, 3.8) is 0 Å². The number of piperidine rings is 1. The third kappa shape index (κ3) is 4.90. The average Bonchev–Trinajstić information content (AvgIpc) is 3.29. The van der Waals surface area contributed by atoms with E-state index < -0.39 is 0 Å². The van der Waals surface area contributed by atoms with Crippen LogP contribution in [0.25, 0.3) is 10.9 Å². The molecule has 0 spiro atoms. The summed E-state index contributed by atoms with van der Waals surface area (Å²) in [6, 6.07) is 3.50. The summed E-state index contributed by atoms with van der Waals surface area (Å²) >= 11 is 1.37. The molecule has 0 saturated carbocycles. The number of nitrogens with zero attached hydrogens (tertiary/aromatic N) is 3. The molecule has 3 aliphatic rings. The minimum absolute atomic E-state index is 0.0866. The number of carbonyl (C=O) groups is 1. The Morgan fingerprint density at radius 3 is 2.73 bits per heavy atom. The van der Waals surface area contributed by atoms with Gasteiger partial charge in [-0.15, -0.1) is 0 Å². The summed E-state index contributed by atoms with van der Waals surface area (Å²) in [4.78, 5) is 33.1. The molecule has 176 valence electrons. The molecule has 1 aromatic carbocycles. The fraction of sp³-hybridized carbons (Fsp3) is 0.560. The highest BCUT2D eigenvalue weighted by Gasteiger charge is 2.23. The number of carbonyl (C=O) groups excluding carboxylic acids is 1. The zero-order chi connectivity index (χ0) is 22.8. The van der Waals surface area contributed by atoms with Crippen LogP contribution in [-0.2, 0) is 11.3 Å². The van der Waals surface area contributed by atoms with Crippen LogP contribution < -0.4 is 15.0 Å². The third-order valence-corrected chi connectivity index (χ3v) is 7.88. The quantitative estimate of drug-likeness (QED) is 0.355. The lowest BCUT2D eigenvalue weighted by Gasteiger charge is -2.30. The summed E-state index contributed by atoms with van der Waals surface area (Å²) in [6.45, 7) is 4.59. The van der Waals surface area contributed by atoms with Crippen molar-refractivity contribution in [3.05, 3.63) is 34.1 Å². The van der Waals surface area contributed by atoms with Crippen molar-refractivity contribution in [3.8, 4) is 11.5 Å². The number of rotatable bonds is 6. The molecule has 8 heteroatoms. The van der Waals surface area contributed by atoms with Gasteiger partial charge in [0.25, 0.3) is 5.56 Å². The van der Waals surface area contributed by atoms with Crippen molar-refractivity contribution in [1.82, 2.24) is 14.5 Å². The fourth-order valence-corrected chi connectivity index (χ4v) is 5.69. The molecule has 0 atom stereocenters. The number of thioether (sulfide) groups is 1. The first-order valence-corrected chi connectivity index (χ1v) is 13.0. The number of likely N-dealkylation sites (tertiary alicyclic amines) is 1. The molecule has 2 aliphatic heterocycles. The molecule has 1 saturated heterocycles. The van der Waals surface area contributed by atoms with E-state index in [0.717, 1.165) is 45.2 Å². The molecular weight excluding hydrogens is 438 g/mol. The lowest BCUT2D eigenvalue weighted by molar-refractivity contribution is -0.129. The molecule has 1 aliphatic carbocycles. The van der Waals surface area contributed by atoms with Gasteiger partial charge in [0, 0.05) is 25.7 Å². The Morgan fingerprint density at radius 2 is 1.97 bits per heavy atom. The Balaban J connectivity index is 1.41. The highest BCUT2D eigenvalue weighted by atomic mass is 32.2. The zero-order valence-corrected chi connectivity index (χ0v) is 20.0. The molecule has 0 radical (unpaired) electrons. The average molecular weight is 470 g/mol. The Morgan fingerprint density at radius 1 is 1.18 bits per heavy atom. The molecule has 1 amide bonds. The van der Waals surface area contributed by atoms with E-state index in [2.05, 4.69) is 13.0 Å². The van der Waals surface area contributed by atoms with Gasteiger partial charge < -0.3 is 14.4 Å². The minimum atomic E-state index is -0.0866. The van der Waals surface area contributed by atoms with Crippen LogP contribution >= 0.6 is 11.8 Å². The zero-order valence-electron chi connectivity index (χ0n) is 19.2. The number of amides is 1. The van der Waals surface area contributed by atoms with Crippen LogP contribution in [-0.4, -0.2) is 46.0 Å². The van der Waals surface area contributed by atoms with Gasteiger partial charge in [0.2, 0.25) is 12.7 Å². The molecule has 33 heavy (non-hydrogen) atoms. The normalized spacial score (nSPS) is 18.6. The predicted octanol–water partition coefficient (Wildman–Crippen LogP) is 4.37. The van der Waals surface area contributed by atoms with Crippen molar-refractivity contribution in [2.24, 2.45) is 5.92 Å². The minimum Gasteiger partial charge on any atom is -0.454 e. The van der Waals surface area contributed by atoms with E-state index in [-0.39, 0.29) is 18.3 Å². The first-order valence-electron chi connectivity index (χ1n) is 12.0. The Hall–Kier alpha value is -2.48. The fourth-order valence-electron chi connectivity index (χ4n) is 4.76.